The molecule has 1 aliphatic rings. The second-order valence-corrected chi connectivity index (χ2v) is 5.61. The van der Waals surface area contributed by atoms with Gasteiger partial charge in [0, 0.05) is 32.4 Å². The first kappa shape index (κ1) is 11.1. The van der Waals surface area contributed by atoms with Gasteiger partial charge < -0.3 is 4.90 Å². The minimum absolute atomic E-state index is 0.638. The number of alkyl halides is 1. The third-order valence-corrected chi connectivity index (χ3v) is 3.62. The van der Waals surface area contributed by atoms with Crippen LogP contribution in [0.25, 0.3) is 0 Å². The Hall–Kier alpha value is -0.360. The summed E-state index contributed by atoms with van der Waals surface area (Å²) in [5.74, 6) is 0. The molecular formula is C11H16IN3. The van der Waals surface area contributed by atoms with E-state index in [0.29, 0.717) is 4.05 Å². The average Bonchev–Trinajstić information content (AvgIpc) is 2.30. The molecule has 15 heavy (non-hydrogen) atoms. The van der Waals surface area contributed by atoms with Gasteiger partial charge in [0.15, 0.2) is 0 Å². The van der Waals surface area contributed by atoms with E-state index in [1.165, 1.54) is 5.69 Å². The van der Waals surface area contributed by atoms with E-state index in [2.05, 4.69) is 50.4 Å². The van der Waals surface area contributed by atoms with Gasteiger partial charge in [0.1, 0.15) is 0 Å². The molecule has 1 aliphatic heterocycles. The summed E-state index contributed by atoms with van der Waals surface area (Å²) in [5, 5.41) is 0. The number of pyridine rings is 1. The molecule has 0 aromatic carbocycles. The van der Waals surface area contributed by atoms with Crippen molar-refractivity contribution in [3.8, 4) is 0 Å². The first-order valence-electron chi connectivity index (χ1n) is 5.30. The minimum atomic E-state index is 0.638. The van der Waals surface area contributed by atoms with Gasteiger partial charge in [-0.1, -0.05) is 22.6 Å². The summed E-state index contributed by atoms with van der Waals surface area (Å²) in [6.07, 6.45) is 3.77. The molecule has 1 atom stereocenters. The Labute approximate surface area is 105 Å². The number of halogens is 1. The SMILES string of the molecule is CC(I)N1CCN(c2cccnc2)CC1. The highest BCUT2D eigenvalue weighted by Gasteiger charge is 2.19. The highest BCUT2D eigenvalue weighted by atomic mass is 127. The van der Waals surface area contributed by atoms with Crippen molar-refractivity contribution < 1.29 is 0 Å². The summed E-state index contributed by atoms with van der Waals surface area (Å²) >= 11 is 2.48. The Balaban J connectivity index is 1.94. The topological polar surface area (TPSA) is 19.4 Å². The van der Waals surface area contributed by atoms with Crippen LogP contribution in [0.15, 0.2) is 24.5 Å². The third-order valence-electron chi connectivity index (χ3n) is 2.83. The van der Waals surface area contributed by atoms with Gasteiger partial charge in [0.2, 0.25) is 0 Å². The van der Waals surface area contributed by atoms with Crippen LogP contribution in [0.3, 0.4) is 0 Å². The molecule has 3 nitrogen and oxygen atoms in total. The second-order valence-electron chi connectivity index (χ2n) is 3.81. The molecule has 2 rings (SSSR count). The number of aromatic nitrogens is 1. The molecule has 0 amide bonds. The van der Waals surface area contributed by atoms with Crippen LogP contribution in [0, 0.1) is 0 Å². The van der Waals surface area contributed by atoms with Gasteiger partial charge in [0.25, 0.3) is 0 Å². The molecule has 4 heteroatoms. The average molecular weight is 317 g/mol. The minimum Gasteiger partial charge on any atom is -0.368 e. The van der Waals surface area contributed by atoms with Crippen LogP contribution in [0.5, 0.6) is 0 Å². The zero-order chi connectivity index (χ0) is 10.7. The van der Waals surface area contributed by atoms with Crippen LogP contribution in [0.2, 0.25) is 0 Å². The van der Waals surface area contributed by atoms with Crippen molar-refractivity contribution in [2.75, 3.05) is 31.1 Å². The second kappa shape index (κ2) is 5.12. The van der Waals surface area contributed by atoms with Crippen molar-refractivity contribution in [3.63, 3.8) is 0 Å². The van der Waals surface area contributed by atoms with Crippen molar-refractivity contribution in [1.29, 1.82) is 0 Å². The summed E-state index contributed by atoms with van der Waals surface area (Å²) in [6.45, 7) is 6.77. The smallest absolute Gasteiger partial charge is 0.0591 e. The van der Waals surface area contributed by atoms with Gasteiger partial charge >= 0.3 is 0 Å². The monoisotopic (exact) mass is 317 g/mol. The lowest BCUT2D eigenvalue weighted by molar-refractivity contribution is 0.260. The van der Waals surface area contributed by atoms with Gasteiger partial charge in [-0.25, -0.2) is 0 Å². The van der Waals surface area contributed by atoms with Crippen molar-refractivity contribution in [2.24, 2.45) is 0 Å². The summed E-state index contributed by atoms with van der Waals surface area (Å²) < 4.78 is 0.638. The Bertz CT molecular complexity index is 294. The summed E-state index contributed by atoms with van der Waals surface area (Å²) in [5.41, 5.74) is 1.25. The summed E-state index contributed by atoms with van der Waals surface area (Å²) in [7, 11) is 0. The fourth-order valence-electron chi connectivity index (χ4n) is 1.88. The molecule has 0 bridgehead atoms. The van der Waals surface area contributed by atoms with Gasteiger partial charge in [0.05, 0.1) is 15.9 Å². The van der Waals surface area contributed by atoms with Crippen molar-refractivity contribution in [3.05, 3.63) is 24.5 Å². The zero-order valence-electron chi connectivity index (χ0n) is 8.93. The molecule has 82 valence electrons. The fraction of sp³-hybridized carbons (Fsp3) is 0.545. The number of hydrogen-bond donors (Lipinski definition) is 0. The van der Waals surface area contributed by atoms with Crippen LogP contribution in [-0.2, 0) is 0 Å². The standard InChI is InChI=1S/C11H16IN3/c1-10(12)14-5-7-15(8-6-14)11-3-2-4-13-9-11/h2-4,9-10H,5-8H2,1H3. The Morgan fingerprint density at radius 2 is 2.07 bits per heavy atom. The molecule has 1 aromatic heterocycles. The molecule has 2 heterocycles. The molecule has 0 saturated carbocycles. The highest BCUT2D eigenvalue weighted by molar-refractivity contribution is 14.1. The molecule has 0 radical (unpaired) electrons. The van der Waals surface area contributed by atoms with Crippen molar-refractivity contribution >= 4 is 28.3 Å². The lowest BCUT2D eigenvalue weighted by atomic mass is 10.3. The quantitative estimate of drug-likeness (QED) is 0.472. The number of hydrogen-bond acceptors (Lipinski definition) is 3. The van der Waals surface area contributed by atoms with Crippen LogP contribution in [0.1, 0.15) is 6.92 Å². The molecule has 1 saturated heterocycles. The van der Waals surface area contributed by atoms with Crippen LogP contribution in [0.4, 0.5) is 5.69 Å². The molecular weight excluding hydrogens is 301 g/mol. The van der Waals surface area contributed by atoms with E-state index in [4.69, 9.17) is 0 Å². The number of rotatable bonds is 2. The van der Waals surface area contributed by atoms with Crippen LogP contribution < -0.4 is 4.90 Å². The molecule has 0 spiro atoms. The maximum Gasteiger partial charge on any atom is 0.0591 e. The largest absolute Gasteiger partial charge is 0.368 e. The molecule has 0 aliphatic carbocycles. The lowest BCUT2D eigenvalue weighted by Gasteiger charge is -2.37. The Morgan fingerprint density at radius 1 is 1.33 bits per heavy atom. The van der Waals surface area contributed by atoms with E-state index in [9.17, 15) is 0 Å². The number of piperazine rings is 1. The lowest BCUT2D eigenvalue weighted by Crippen LogP contribution is -2.48. The Kier molecular flexibility index (Phi) is 3.80. The van der Waals surface area contributed by atoms with Gasteiger partial charge in [-0.15, -0.1) is 0 Å². The number of nitrogens with zero attached hydrogens (tertiary/aromatic N) is 3. The van der Waals surface area contributed by atoms with E-state index >= 15 is 0 Å². The van der Waals surface area contributed by atoms with Crippen molar-refractivity contribution in [1.82, 2.24) is 9.88 Å². The third kappa shape index (κ3) is 2.81. The zero-order valence-corrected chi connectivity index (χ0v) is 11.1. The van der Waals surface area contributed by atoms with E-state index in [-0.39, 0.29) is 0 Å². The highest BCUT2D eigenvalue weighted by Crippen LogP contribution is 2.16. The normalized spacial score (nSPS) is 20.3. The maximum atomic E-state index is 4.16. The first-order chi connectivity index (χ1) is 7.27. The van der Waals surface area contributed by atoms with Crippen molar-refractivity contribution in [2.45, 2.75) is 11.0 Å². The molecule has 1 unspecified atom stereocenters. The van der Waals surface area contributed by atoms with Crippen LogP contribution >= 0.6 is 22.6 Å². The molecule has 0 N–H and O–H groups in total. The Morgan fingerprint density at radius 3 is 2.60 bits per heavy atom. The number of anilines is 1. The van der Waals surface area contributed by atoms with E-state index in [1.807, 2.05) is 18.5 Å². The van der Waals surface area contributed by atoms with E-state index in [0.717, 1.165) is 26.2 Å². The fourth-order valence-corrected chi connectivity index (χ4v) is 2.43. The predicted molar refractivity (Wildman–Crippen MR) is 71.5 cm³/mol. The van der Waals surface area contributed by atoms with Gasteiger partial charge in [-0.2, -0.15) is 0 Å². The van der Waals surface area contributed by atoms with E-state index < -0.39 is 0 Å². The van der Waals surface area contributed by atoms with E-state index in [1.54, 1.807) is 0 Å². The molecule has 1 aromatic rings. The first-order valence-corrected chi connectivity index (χ1v) is 6.55. The van der Waals surface area contributed by atoms with Gasteiger partial charge in [-0.3, -0.25) is 9.88 Å². The van der Waals surface area contributed by atoms with Crippen LogP contribution in [-0.4, -0.2) is 40.1 Å². The summed E-state index contributed by atoms with van der Waals surface area (Å²) in [6, 6.07) is 4.14. The molecule has 1 fully saturated rings. The summed E-state index contributed by atoms with van der Waals surface area (Å²) in [4.78, 5) is 9.07. The predicted octanol–water partition coefficient (Wildman–Crippen LogP) is 1.98. The maximum absolute atomic E-state index is 4.16. The van der Waals surface area contributed by atoms with Gasteiger partial charge in [-0.05, 0) is 19.1 Å².